The minimum Gasteiger partial charge on any atom is -0.325 e. The quantitative estimate of drug-likeness (QED) is 0.775. The van der Waals surface area contributed by atoms with Crippen molar-refractivity contribution in [1.82, 2.24) is 10.2 Å². The largest absolute Gasteiger partial charge is 0.325 e. The summed E-state index contributed by atoms with van der Waals surface area (Å²) in [4.78, 5) is 14.9. The van der Waals surface area contributed by atoms with E-state index in [2.05, 4.69) is 44.8 Å². The fourth-order valence-electron chi connectivity index (χ4n) is 3.38. The van der Waals surface area contributed by atoms with Crippen LogP contribution in [-0.2, 0) is 4.79 Å². The molecule has 1 saturated carbocycles. The van der Waals surface area contributed by atoms with Crippen LogP contribution >= 0.6 is 0 Å². The summed E-state index contributed by atoms with van der Waals surface area (Å²) in [5, 5.41) is 3.60. The molecule has 1 aliphatic heterocycles. The minimum atomic E-state index is 0.0476. The first-order valence-electron chi connectivity index (χ1n) is 8.43. The van der Waals surface area contributed by atoms with Crippen LogP contribution in [0.3, 0.4) is 0 Å². The Kier molecular flexibility index (Phi) is 4.78. The van der Waals surface area contributed by atoms with Crippen molar-refractivity contribution >= 4 is 5.91 Å². The Morgan fingerprint density at radius 3 is 2.25 bits per heavy atom. The smallest absolute Gasteiger partial charge is 0.241 e. The molecule has 2 atom stereocenters. The van der Waals surface area contributed by atoms with E-state index in [0.717, 1.165) is 19.4 Å². The molecule has 0 aromatic carbocycles. The summed E-state index contributed by atoms with van der Waals surface area (Å²) < 4.78 is 0. The molecule has 0 radical (unpaired) electrons. The summed E-state index contributed by atoms with van der Waals surface area (Å²) in [6.45, 7) is 12.1. The second-order valence-electron chi connectivity index (χ2n) is 7.81. The highest BCUT2D eigenvalue weighted by molar-refractivity contribution is 5.84. The highest BCUT2D eigenvalue weighted by Gasteiger charge is 2.47. The third-order valence-electron chi connectivity index (χ3n) is 4.97. The third-order valence-corrected chi connectivity index (χ3v) is 4.97. The fraction of sp³-hybridized carbons (Fsp3) is 0.941. The Hall–Kier alpha value is -0.570. The van der Waals surface area contributed by atoms with Crippen molar-refractivity contribution < 1.29 is 4.79 Å². The number of carbonyl (C=O) groups is 1. The van der Waals surface area contributed by atoms with Gasteiger partial charge in [-0.05, 0) is 49.4 Å². The zero-order valence-electron chi connectivity index (χ0n) is 13.9. The molecule has 2 aliphatic rings. The van der Waals surface area contributed by atoms with Gasteiger partial charge in [-0.1, -0.05) is 34.6 Å². The van der Waals surface area contributed by atoms with Crippen LogP contribution in [0.1, 0.15) is 66.7 Å². The normalized spacial score (nSPS) is 28.8. The van der Waals surface area contributed by atoms with Crippen LogP contribution < -0.4 is 5.32 Å². The van der Waals surface area contributed by atoms with Gasteiger partial charge in [-0.3, -0.25) is 10.1 Å². The van der Waals surface area contributed by atoms with Gasteiger partial charge in [-0.15, -0.1) is 0 Å². The molecule has 1 amide bonds. The topological polar surface area (TPSA) is 32.3 Å². The average Bonchev–Trinajstić information content (AvgIpc) is 3.07. The molecule has 1 saturated heterocycles. The minimum absolute atomic E-state index is 0.0476. The van der Waals surface area contributed by atoms with Gasteiger partial charge in [0.15, 0.2) is 0 Å². The highest BCUT2D eigenvalue weighted by Crippen LogP contribution is 2.49. The van der Waals surface area contributed by atoms with Gasteiger partial charge in [0.2, 0.25) is 5.91 Å². The van der Waals surface area contributed by atoms with Crippen molar-refractivity contribution in [1.29, 1.82) is 0 Å². The Balaban J connectivity index is 2.05. The summed E-state index contributed by atoms with van der Waals surface area (Å²) in [6, 6.07) is 0.0476. The number of carbonyl (C=O) groups excluding carboxylic acids is 1. The molecular weight excluding hydrogens is 248 g/mol. The number of rotatable bonds is 7. The number of hydrogen-bond donors (Lipinski definition) is 1. The third kappa shape index (κ3) is 3.55. The van der Waals surface area contributed by atoms with E-state index in [1.54, 1.807) is 0 Å². The molecule has 0 aromatic heterocycles. The van der Waals surface area contributed by atoms with Crippen molar-refractivity contribution in [2.75, 3.05) is 6.54 Å². The van der Waals surface area contributed by atoms with Crippen LogP contribution in [0.4, 0.5) is 0 Å². The first kappa shape index (κ1) is 15.8. The number of nitrogens with zero attached hydrogens (tertiary/aromatic N) is 1. The van der Waals surface area contributed by atoms with E-state index in [1.165, 1.54) is 19.3 Å². The van der Waals surface area contributed by atoms with Crippen molar-refractivity contribution in [2.24, 2.45) is 17.3 Å². The van der Waals surface area contributed by atoms with Crippen molar-refractivity contribution in [2.45, 2.75) is 78.9 Å². The van der Waals surface area contributed by atoms with Crippen LogP contribution in [0.15, 0.2) is 0 Å². The average molecular weight is 280 g/mol. The molecule has 3 nitrogen and oxygen atoms in total. The van der Waals surface area contributed by atoms with E-state index >= 15 is 0 Å². The van der Waals surface area contributed by atoms with Crippen LogP contribution in [-0.4, -0.2) is 29.6 Å². The SMILES string of the molecule is CCC1(CN2C(=O)C(CC(C)C)NC2CC(C)C)CC1. The molecule has 0 bridgehead atoms. The molecule has 0 aromatic rings. The monoisotopic (exact) mass is 280 g/mol. The molecule has 0 spiro atoms. The molecule has 2 unspecified atom stereocenters. The van der Waals surface area contributed by atoms with Gasteiger partial charge in [0.1, 0.15) is 0 Å². The number of hydrogen-bond acceptors (Lipinski definition) is 2. The predicted octanol–water partition coefficient (Wildman–Crippen LogP) is 3.40. The molecule has 1 N–H and O–H groups in total. The first-order valence-corrected chi connectivity index (χ1v) is 8.43. The van der Waals surface area contributed by atoms with Gasteiger partial charge < -0.3 is 4.90 Å². The maximum absolute atomic E-state index is 12.7. The Labute approximate surface area is 124 Å². The lowest BCUT2D eigenvalue weighted by Crippen LogP contribution is -2.41. The highest BCUT2D eigenvalue weighted by atomic mass is 16.2. The van der Waals surface area contributed by atoms with Gasteiger partial charge in [0, 0.05) is 6.54 Å². The molecule has 2 fully saturated rings. The Morgan fingerprint density at radius 1 is 1.20 bits per heavy atom. The molecular formula is C17H32N2O. The van der Waals surface area contributed by atoms with Crippen LogP contribution in [0.2, 0.25) is 0 Å². The van der Waals surface area contributed by atoms with Gasteiger partial charge >= 0.3 is 0 Å². The van der Waals surface area contributed by atoms with Crippen LogP contribution in [0.5, 0.6) is 0 Å². The van der Waals surface area contributed by atoms with E-state index in [9.17, 15) is 4.79 Å². The molecule has 1 heterocycles. The first-order chi connectivity index (χ1) is 9.37. The molecule has 3 heteroatoms. The molecule has 2 rings (SSSR count). The van der Waals surface area contributed by atoms with E-state index in [1.807, 2.05) is 0 Å². The zero-order chi connectivity index (χ0) is 14.9. The lowest BCUT2D eigenvalue weighted by atomic mass is 10.0. The number of nitrogens with one attached hydrogen (secondary N) is 1. The predicted molar refractivity (Wildman–Crippen MR) is 83.3 cm³/mol. The van der Waals surface area contributed by atoms with Crippen LogP contribution in [0, 0.1) is 17.3 Å². The fourth-order valence-corrected chi connectivity index (χ4v) is 3.38. The van der Waals surface area contributed by atoms with Gasteiger partial charge in [-0.2, -0.15) is 0 Å². The molecule has 20 heavy (non-hydrogen) atoms. The summed E-state index contributed by atoms with van der Waals surface area (Å²) in [5.74, 6) is 1.54. The zero-order valence-corrected chi connectivity index (χ0v) is 13.9. The number of amides is 1. The lowest BCUT2D eigenvalue weighted by Gasteiger charge is -2.29. The van der Waals surface area contributed by atoms with Gasteiger partial charge in [0.25, 0.3) is 0 Å². The van der Waals surface area contributed by atoms with Crippen molar-refractivity contribution in [3.8, 4) is 0 Å². The Morgan fingerprint density at radius 2 is 1.80 bits per heavy atom. The molecule has 116 valence electrons. The van der Waals surface area contributed by atoms with Crippen molar-refractivity contribution in [3.63, 3.8) is 0 Å². The maximum atomic E-state index is 12.7. The summed E-state index contributed by atoms with van der Waals surface area (Å²) >= 11 is 0. The van der Waals surface area contributed by atoms with Crippen molar-refractivity contribution in [3.05, 3.63) is 0 Å². The van der Waals surface area contributed by atoms with E-state index in [0.29, 0.717) is 23.2 Å². The molecule has 1 aliphatic carbocycles. The lowest BCUT2D eigenvalue weighted by molar-refractivity contribution is -0.131. The standard InChI is InChI=1S/C17H32N2O/c1-6-17(7-8-17)11-19-15(10-13(4)5)18-14(16(19)20)9-12(2)3/h12-15,18H,6-11H2,1-5H3. The van der Waals surface area contributed by atoms with Crippen LogP contribution in [0.25, 0.3) is 0 Å². The second-order valence-corrected chi connectivity index (χ2v) is 7.81. The van der Waals surface area contributed by atoms with E-state index in [4.69, 9.17) is 0 Å². The van der Waals surface area contributed by atoms with Gasteiger partial charge in [0.05, 0.1) is 12.2 Å². The summed E-state index contributed by atoms with van der Waals surface area (Å²) in [5.41, 5.74) is 0.444. The van der Waals surface area contributed by atoms with E-state index < -0.39 is 0 Å². The van der Waals surface area contributed by atoms with Gasteiger partial charge in [-0.25, -0.2) is 0 Å². The maximum Gasteiger partial charge on any atom is 0.241 e. The van der Waals surface area contributed by atoms with E-state index in [-0.39, 0.29) is 12.2 Å². The Bertz CT molecular complexity index is 347. The second kappa shape index (κ2) is 6.05. The summed E-state index contributed by atoms with van der Waals surface area (Å²) in [6.07, 6.45) is 6.10. The summed E-state index contributed by atoms with van der Waals surface area (Å²) in [7, 11) is 0.